The number of phenols is 1. The predicted molar refractivity (Wildman–Crippen MR) is 213 cm³/mol. The second kappa shape index (κ2) is 15.7. The number of aromatic amines is 1. The van der Waals surface area contributed by atoms with Crippen LogP contribution in [-0.4, -0.2) is 51.1 Å². The SMILES string of the molecule is CC(C)(C)[Si](C)(C)OC(CNCc1ccc2nn(CCCCc3ccc(-c4ccccc4)c(NC(=O)O)c3)nc2c1)c1ccc(O)c2[nH]c(=O)ccc12. The molecular weight excluding hydrogens is 685 g/mol. The van der Waals surface area contributed by atoms with Crippen LogP contribution in [0, 0.1) is 0 Å². The van der Waals surface area contributed by atoms with E-state index in [1.54, 1.807) is 16.9 Å². The third kappa shape index (κ3) is 9.02. The molecule has 0 bridgehead atoms. The standard InChI is InChI=1S/C41H48N6O5Si/c1-41(2,3)53(4,5)52-37(31-17-20-36(48)39-32(31)18-21-38(49)44-39)26-42-25-28-15-19-33-35(24-28)46-47(45-33)22-10-9-11-27-14-16-30(29-12-7-6-8-13-29)34(23-27)43-40(50)51/h6-8,12-21,23-24,37,42-43,48H,9-11,22,25-26H2,1-5H3,(H,44,49)(H,50,51). The van der Waals surface area contributed by atoms with E-state index in [2.05, 4.69) is 67.7 Å². The van der Waals surface area contributed by atoms with Crippen molar-refractivity contribution in [3.05, 3.63) is 118 Å². The molecule has 0 aliphatic heterocycles. The van der Waals surface area contributed by atoms with Gasteiger partial charge in [0.15, 0.2) is 8.32 Å². The number of rotatable bonds is 14. The van der Waals surface area contributed by atoms with Gasteiger partial charge in [-0.25, -0.2) is 4.79 Å². The van der Waals surface area contributed by atoms with Crippen molar-refractivity contribution in [2.75, 3.05) is 11.9 Å². The second-order valence-electron chi connectivity index (χ2n) is 15.0. The van der Waals surface area contributed by atoms with Crippen molar-refractivity contribution in [3.8, 4) is 16.9 Å². The number of pyridine rings is 1. The molecule has 1 unspecified atom stereocenters. The van der Waals surface area contributed by atoms with Gasteiger partial charge in [0.05, 0.1) is 23.9 Å². The first-order valence-corrected chi connectivity index (χ1v) is 20.9. The smallest absolute Gasteiger partial charge is 0.409 e. The minimum atomic E-state index is -2.20. The van der Waals surface area contributed by atoms with Crippen LogP contribution in [0.2, 0.25) is 18.1 Å². The Hall–Kier alpha value is -5.30. The number of aryl methyl sites for hydroxylation is 2. The van der Waals surface area contributed by atoms with Crippen LogP contribution in [0.4, 0.5) is 10.5 Å². The van der Waals surface area contributed by atoms with Gasteiger partial charge >= 0.3 is 6.09 Å². The summed E-state index contributed by atoms with van der Waals surface area (Å²) >= 11 is 0. The Morgan fingerprint density at radius 2 is 1.68 bits per heavy atom. The summed E-state index contributed by atoms with van der Waals surface area (Å²) in [5, 5.41) is 36.3. The van der Waals surface area contributed by atoms with Gasteiger partial charge in [0.25, 0.3) is 0 Å². The van der Waals surface area contributed by atoms with Gasteiger partial charge < -0.3 is 24.9 Å². The Kier molecular flexibility index (Phi) is 11.1. The van der Waals surface area contributed by atoms with E-state index >= 15 is 0 Å². The predicted octanol–water partition coefficient (Wildman–Crippen LogP) is 8.61. The lowest BCUT2D eigenvalue weighted by molar-refractivity contribution is 0.181. The van der Waals surface area contributed by atoms with E-state index in [0.29, 0.717) is 30.8 Å². The lowest BCUT2D eigenvalue weighted by atomic mass is 9.99. The maximum Gasteiger partial charge on any atom is 0.409 e. The molecule has 0 saturated carbocycles. The second-order valence-corrected chi connectivity index (χ2v) is 19.8. The normalized spacial score (nSPS) is 12.7. The summed E-state index contributed by atoms with van der Waals surface area (Å²) in [6.07, 6.45) is 1.17. The molecule has 0 saturated heterocycles. The number of nitrogens with zero attached hydrogens (tertiary/aromatic N) is 3. The molecule has 1 amide bonds. The number of aromatic hydroxyl groups is 1. The highest BCUT2D eigenvalue weighted by Crippen LogP contribution is 2.41. The molecule has 53 heavy (non-hydrogen) atoms. The van der Waals surface area contributed by atoms with E-state index in [4.69, 9.17) is 14.6 Å². The Labute approximate surface area is 310 Å². The summed E-state index contributed by atoms with van der Waals surface area (Å²) in [5.41, 5.74) is 7.23. The summed E-state index contributed by atoms with van der Waals surface area (Å²) < 4.78 is 6.95. The lowest BCUT2D eigenvalue weighted by Crippen LogP contribution is -2.43. The molecule has 12 heteroatoms. The zero-order valence-electron chi connectivity index (χ0n) is 30.9. The van der Waals surface area contributed by atoms with Gasteiger partial charge in [-0.2, -0.15) is 15.0 Å². The Morgan fingerprint density at radius 3 is 2.43 bits per heavy atom. The quantitative estimate of drug-likeness (QED) is 0.0551. The number of hydrogen-bond acceptors (Lipinski definition) is 7. The van der Waals surface area contributed by atoms with E-state index in [1.165, 1.54) is 6.07 Å². The van der Waals surface area contributed by atoms with Crippen molar-refractivity contribution in [1.82, 2.24) is 25.3 Å². The van der Waals surface area contributed by atoms with E-state index in [9.17, 15) is 19.8 Å². The molecular formula is C41H48N6O5Si. The van der Waals surface area contributed by atoms with Gasteiger partial charge in [0.1, 0.15) is 16.8 Å². The number of amides is 1. The van der Waals surface area contributed by atoms with Crippen molar-refractivity contribution in [3.63, 3.8) is 0 Å². The van der Waals surface area contributed by atoms with Gasteiger partial charge in [0, 0.05) is 30.1 Å². The molecule has 1 atom stereocenters. The highest BCUT2D eigenvalue weighted by Gasteiger charge is 2.39. The first kappa shape index (κ1) is 37.5. The third-order valence-corrected chi connectivity index (χ3v) is 14.6. The summed E-state index contributed by atoms with van der Waals surface area (Å²) in [4.78, 5) is 28.1. The molecule has 0 spiro atoms. The van der Waals surface area contributed by atoms with Gasteiger partial charge in [-0.1, -0.05) is 75.4 Å². The molecule has 5 N–H and O–H groups in total. The number of unbranched alkanes of at least 4 members (excludes halogenated alkanes) is 1. The number of fused-ring (bicyclic) bond motifs is 2. The Balaban J connectivity index is 1.09. The molecule has 276 valence electrons. The number of hydrogen-bond donors (Lipinski definition) is 5. The molecule has 0 aliphatic rings. The monoisotopic (exact) mass is 732 g/mol. The van der Waals surface area contributed by atoms with Crippen molar-refractivity contribution >= 4 is 42.0 Å². The first-order chi connectivity index (χ1) is 25.3. The zero-order valence-corrected chi connectivity index (χ0v) is 31.9. The number of carboxylic acid groups (broad SMARTS) is 1. The number of anilines is 1. The Bertz CT molecular complexity index is 2280. The maximum atomic E-state index is 12.1. The minimum absolute atomic E-state index is 0.0136. The molecule has 2 heterocycles. The fourth-order valence-electron chi connectivity index (χ4n) is 6.27. The number of carbonyl (C=O) groups is 1. The molecule has 0 fully saturated rings. The minimum Gasteiger partial charge on any atom is -0.506 e. The number of phenolic OH excluding ortho intramolecular Hbond substituents is 1. The van der Waals surface area contributed by atoms with Crippen molar-refractivity contribution in [1.29, 1.82) is 0 Å². The van der Waals surface area contributed by atoms with Crippen LogP contribution in [0.25, 0.3) is 33.1 Å². The van der Waals surface area contributed by atoms with Crippen LogP contribution in [0.15, 0.2) is 95.8 Å². The molecule has 0 radical (unpaired) electrons. The van der Waals surface area contributed by atoms with Crippen LogP contribution >= 0.6 is 0 Å². The highest BCUT2D eigenvalue weighted by molar-refractivity contribution is 6.74. The van der Waals surface area contributed by atoms with Crippen LogP contribution in [0.3, 0.4) is 0 Å². The zero-order chi connectivity index (χ0) is 37.8. The molecule has 2 aromatic heterocycles. The number of benzene rings is 4. The topological polar surface area (TPSA) is 154 Å². The van der Waals surface area contributed by atoms with Crippen LogP contribution < -0.4 is 16.2 Å². The number of nitrogens with one attached hydrogen (secondary N) is 3. The summed E-state index contributed by atoms with van der Waals surface area (Å²) in [7, 11) is -2.20. The van der Waals surface area contributed by atoms with Crippen LogP contribution in [-0.2, 0) is 23.9 Å². The fourth-order valence-corrected chi connectivity index (χ4v) is 7.54. The first-order valence-electron chi connectivity index (χ1n) is 18.0. The molecule has 11 nitrogen and oxygen atoms in total. The van der Waals surface area contributed by atoms with E-state index < -0.39 is 14.4 Å². The average Bonchev–Trinajstić information content (AvgIpc) is 3.52. The van der Waals surface area contributed by atoms with Gasteiger partial charge in [0.2, 0.25) is 5.56 Å². The fraction of sp³-hybridized carbons (Fsp3) is 0.317. The van der Waals surface area contributed by atoms with Crippen molar-refractivity contribution in [2.24, 2.45) is 0 Å². The van der Waals surface area contributed by atoms with Gasteiger partial charge in [-0.3, -0.25) is 10.1 Å². The lowest BCUT2D eigenvalue weighted by Gasteiger charge is -2.39. The largest absolute Gasteiger partial charge is 0.506 e. The highest BCUT2D eigenvalue weighted by atomic mass is 28.4. The summed E-state index contributed by atoms with van der Waals surface area (Å²) in [6, 6.07) is 28.5. The maximum absolute atomic E-state index is 12.1. The molecule has 6 rings (SSSR count). The number of H-pyrrole nitrogens is 1. The Morgan fingerprint density at radius 1 is 0.925 bits per heavy atom. The molecule has 6 aromatic rings. The van der Waals surface area contributed by atoms with Crippen molar-refractivity contribution in [2.45, 2.75) is 77.4 Å². The van der Waals surface area contributed by atoms with E-state index in [0.717, 1.165) is 63.5 Å². The molecule has 0 aliphatic carbocycles. The van der Waals surface area contributed by atoms with E-state index in [-0.39, 0.29) is 22.5 Å². The van der Waals surface area contributed by atoms with Gasteiger partial charge in [-0.15, -0.1) is 0 Å². The van der Waals surface area contributed by atoms with Gasteiger partial charge in [-0.05, 0) is 90.0 Å². The summed E-state index contributed by atoms with van der Waals surface area (Å²) in [6.45, 7) is 12.9. The van der Waals surface area contributed by atoms with E-state index in [1.807, 2.05) is 54.6 Å². The molecule has 4 aromatic carbocycles. The number of aromatic nitrogens is 4. The average molecular weight is 733 g/mol. The van der Waals surface area contributed by atoms with Crippen LogP contribution in [0.1, 0.15) is 56.4 Å². The van der Waals surface area contributed by atoms with Crippen molar-refractivity contribution < 1.29 is 19.4 Å². The summed E-state index contributed by atoms with van der Waals surface area (Å²) in [5.74, 6) is 0.0276. The van der Waals surface area contributed by atoms with Crippen LogP contribution in [0.5, 0.6) is 5.75 Å². The third-order valence-electron chi connectivity index (χ3n) is 10.1.